The van der Waals surface area contributed by atoms with Crippen LogP contribution in [0.25, 0.3) is 10.8 Å². The molecule has 0 fully saturated rings. The van der Waals surface area contributed by atoms with E-state index in [2.05, 4.69) is 10.1 Å². The first-order chi connectivity index (χ1) is 13.7. The molecule has 3 rings (SSSR count). The van der Waals surface area contributed by atoms with E-state index in [0.29, 0.717) is 17.2 Å². The third-order valence-electron chi connectivity index (χ3n) is 4.18. The molecule has 0 heterocycles. The van der Waals surface area contributed by atoms with Crippen molar-refractivity contribution >= 4 is 28.3 Å². The Hall–Kier alpha value is -3.55. The number of ether oxygens (including phenoxy) is 1. The number of para-hydroxylation sites is 1. The number of anilines is 1. The molecule has 0 spiro atoms. The predicted octanol–water partition coefficient (Wildman–Crippen LogP) is 5.01. The lowest BCUT2D eigenvalue weighted by Gasteiger charge is -2.10. The number of hydrogen-bond acceptors (Lipinski definition) is 3. The second kappa shape index (κ2) is 8.22. The number of rotatable bonds is 6. The van der Waals surface area contributed by atoms with Crippen LogP contribution in [-0.4, -0.2) is 23.3 Å². The van der Waals surface area contributed by atoms with Crippen molar-refractivity contribution in [2.45, 2.75) is 19.2 Å². The van der Waals surface area contributed by atoms with Crippen molar-refractivity contribution in [3.63, 3.8) is 0 Å². The number of carbonyl (C=O) groups excluding carboxylic acids is 1. The standard InChI is InChI=1S/C21H16F3NO4/c22-21(23,24)29-16-9-8-14-11-13(5-7-15(14)12-16)6-10-19(26)25-18-4-2-1-3-17(18)20(27)28/h1-5,7-9,11-12H,6,10H2,(H,25,26)(H,27,28). The van der Waals surface area contributed by atoms with E-state index >= 15 is 0 Å². The lowest BCUT2D eigenvalue weighted by Crippen LogP contribution is -2.17. The van der Waals surface area contributed by atoms with Gasteiger partial charge in [0.1, 0.15) is 5.75 Å². The molecule has 8 heteroatoms. The molecule has 2 N–H and O–H groups in total. The van der Waals surface area contributed by atoms with E-state index < -0.39 is 12.3 Å². The van der Waals surface area contributed by atoms with Gasteiger partial charge in [-0.1, -0.05) is 36.4 Å². The molecule has 1 amide bonds. The average Bonchev–Trinajstić information content (AvgIpc) is 2.65. The number of aryl methyl sites for hydroxylation is 1. The van der Waals surface area contributed by atoms with Crippen molar-refractivity contribution in [2.75, 3.05) is 5.32 Å². The molecule has 0 aliphatic heterocycles. The second-order valence-electron chi connectivity index (χ2n) is 6.29. The van der Waals surface area contributed by atoms with Gasteiger partial charge in [0, 0.05) is 6.42 Å². The highest BCUT2D eigenvalue weighted by Crippen LogP contribution is 2.27. The van der Waals surface area contributed by atoms with Crippen molar-refractivity contribution in [1.82, 2.24) is 0 Å². The quantitative estimate of drug-likeness (QED) is 0.607. The fraction of sp³-hybridized carbons (Fsp3) is 0.143. The molecule has 150 valence electrons. The number of nitrogens with one attached hydrogen (secondary N) is 1. The third kappa shape index (κ3) is 5.47. The Morgan fingerprint density at radius 1 is 0.966 bits per heavy atom. The van der Waals surface area contributed by atoms with Crippen molar-refractivity contribution in [3.8, 4) is 5.75 Å². The molecular weight excluding hydrogens is 387 g/mol. The van der Waals surface area contributed by atoms with Crippen LogP contribution in [0.3, 0.4) is 0 Å². The molecule has 5 nitrogen and oxygen atoms in total. The number of hydrogen-bond donors (Lipinski definition) is 2. The van der Waals surface area contributed by atoms with Crippen molar-refractivity contribution in [2.24, 2.45) is 0 Å². The molecule has 3 aromatic carbocycles. The molecule has 0 aromatic heterocycles. The van der Waals surface area contributed by atoms with Crippen LogP contribution in [0.2, 0.25) is 0 Å². The monoisotopic (exact) mass is 403 g/mol. The topological polar surface area (TPSA) is 75.6 Å². The summed E-state index contributed by atoms with van der Waals surface area (Å²) in [5.74, 6) is -1.77. The van der Waals surface area contributed by atoms with Gasteiger partial charge in [-0.2, -0.15) is 0 Å². The minimum absolute atomic E-state index is 0.00318. The van der Waals surface area contributed by atoms with E-state index in [-0.39, 0.29) is 29.3 Å². The summed E-state index contributed by atoms with van der Waals surface area (Å²) in [4.78, 5) is 23.4. The van der Waals surface area contributed by atoms with Gasteiger partial charge >= 0.3 is 12.3 Å². The second-order valence-corrected chi connectivity index (χ2v) is 6.29. The van der Waals surface area contributed by atoms with Crippen LogP contribution >= 0.6 is 0 Å². The van der Waals surface area contributed by atoms with Crippen LogP contribution in [-0.2, 0) is 11.2 Å². The minimum Gasteiger partial charge on any atom is -0.478 e. The van der Waals surface area contributed by atoms with E-state index in [4.69, 9.17) is 5.11 Å². The molecule has 3 aromatic rings. The van der Waals surface area contributed by atoms with E-state index in [1.165, 1.54) is 30.3 Å². The summed E-state index contributed by atoms with van der Waals surface area (Å²) >= 11 is 0. The summed E-state index contributed by atoms with van der Waals surface area (Å²) < 4.78 is 40.9. The Morgan fingerprint density at radius 2 is 1.66 bits per heavy atom. The Morgan fingerprint density at radius 3 is 2.38 bits per heavy atom. The number of alkyl halides is 3. The number of carboxylic acid groups (broad SMARTS) is 1. The van der Waals surface area contributed by atoms with Crippen LogP contribution in [0.1, 0.15) is 22.3 Å². The maximum Gasteiger partial charge on any atom is 0.573 e. The first kappa shape index (κ1) is 20.2. The molecule has 0 aliphatic rings. The Bertz CT molecular complexity index is 1060. The van der Waals surface area contributed by atoms with Crippen LogP contribution < -0.4 is 10.1 Å². The zero-order valence-corrected chi connectivity index (χ0v) is 15.0. The fourth-order valence-electron chi connectivity index (χ4n) is 2.88. The molecule has 0 unspecified atom stereocenters. The van der Waals surface area contributed by atoms with Crippen molar-refractivity contribution in [1.29, 1.82) is 0 Å². The predicted molar refractivity (Wildman–Crippen MR) is 101 cm³/mol. The number of carboxylic acids is 1. The van der Waals surface area contributed by atoms with E-state index in [9.17, 15) is 22.8 Å². The summed E-state index contributed by atoms with van der Waals surface area (Å²) in [5, 5.41) is 13.0. The molecule has 0 saturated heterocycles. The fourth-order valence-corrected chi connectivity index (χ4v) is 2.88. The van der Waals surface area contributed by atoms with Gasteiger partial charge in [-0.25, -0.2) is 4.79 Å². The number of aromatic carboxylic acids is 1. The number of fused-ring (bicyclic) bond motifs is 1. The molecule has 0 aliphatic carbocycles. The SMILES string of the molecule is O=C(CCc1ccc2cc(OC(F)(F)F)ccc2c1)Nc1ccccc1C(=O)O. The first-order valence-electron chi connectivity index (χ1n) is 8.62. The van der Waals surface area contributed by atoms with E-state index in [1.54, 1.807) is 30.3 Å². The zero-order chi connectivity index (χ0) is 21.0. The summed E-state index contributed by atoms with van der Waals surface area (Å²) in [6.45, 7) is 0. The van der Waals surface area contributed by atoms with Gasteiger partial charge in [-0.05, 0) is 47.0 Å². The zero-order valence-electron chi connectivity index (χ0n) is 15.0. The largest absolute Gasteiger partial charge is 0.573 e. The highest BCUT2D eigenvalue weighted by atomic mass is 19.4. The van der Waals surface area contributed by atoms with Crippen LogP contribution in [0.15, 0.2) is 60.7 Å². The van der Waals surface area contributed by atoms with Gasteiger partial charge in [0.2, 0.25) is 5.91 Å². The lowest BCUT2D eigenvalue weighted by molar-refractivity contribution is -0.274. The Balaban J connectivity index is 1.65. The molecule has 0 saturated carbocycles. The van der Waals surface area contributed by atoms with Crippen molar-refractivity contribution in [3.05, 3.63) is 71.8 Å². The maximum atomic E-state index is 12.3. The summed E-state index contributed by atoms with van der Waals surface area (Å²) in [6.07, 6.45) is -4.24. The number of amides is 1. The molecule has 0 atom stereocenters. The molecule has 0 radical (unpaired) electrons. The van der Waals surface area contributed by atoms with Gasteiger partial charge in [0.15, 0.2) is 0 Å². The first-order valence-corrected chi connectivity index (χ1v) is 8.62. The third-order valence-corrected chi connectivity index (χ3v) is 4.18. The Kier molecular flexibility index (Phi) is 5.72. The van der Waals surface area contributed by atoms with Gasteiger partial charge in [-0.15, -0.1) is 13.2 Å². The van der Waals surface area contributed by atoms with E-state index in [0.717, 1.165) is 5.56 Å². The highest BCUT2D eigenvalue weighted by Gasteiger charge is 2.31. The molecular formula is C21H16F3NO4. The molecule has 0 bridgehead atoms. The maximum absolute atomic E-state index is 12.3. The summed E-state index contributed by atoms with van der Waals surface area (Å²) in [5.41, 5.74) is 1.05. The number of benzene rings is 3. The van der Waals surface area contributed by atoms with Gasteiger partial charge in [0.25, 0.3) is 0 Å². The van der Waals surface area contributed by atoms with Gasteiger partial charge in [0.05, 0.1) is 11.3 Å². The van der Waals surface area contributed by atoms with Crippen LogP contribution in [0.5, 0.6) is 5.75 Å². The average molecular weight is 403 g/mol. The smallest absolute Gasteiger partial charge is 0.478 e. The summed E-state index contributed by atoms with van der Waals surface area (Å²) in [6, 6.07) is 15.3. The summed E-state index contributed by atoms with van der Waals surface area (Å²) in [7, 11) is 0. The molecule has 29 heavy (non-hydrogen) atoms. The van der Waals surface area contributed by atoms with E-state index in [1.807, 2.05) is 0 Å². The number of halogens is 3. The van der Waals surface area contributed by atoms with Crippen LogP contribution in [0.4, 0.5) is 18.9 Å². The van der Waals surface area contributed by atoms with Crippen molar-refractivity contribution < 1.29 is 32.6 Å². The normalized spacial score (nSPS) is 11.3. The number of carbonyl (C=O) groups is 2. The highest BCUT2D eigenvalue weighted by molar-refractivity contribution is 6.00. The van der Waals surface area contributed by atoms with Gasteiger partial charge < -0.3 is 15.2 Å². The Labute approximate surface area is 163 Å². The van der Waals surface area contributed by atoms with Crippen LogP contribution in [0, 0.1) is 0 Å². The lowest BCUT2D eigenvalue weighted by atomic mass is 10.0. The minimum atomic E-state index is -4.75. The van der Waals surface area contributed by atoms with Gasteiger partial charge in [-0.3, -0.25) is 4.79 Å².